The Hall–Kier alpha value is -0.780. The van der Waals surface area contributed by atoms with Crippen LogP contribution in [0.2, 0.25) is 0 Å². The zero-order valence-electron chi connectivity index (χ0n) is 11.1. The van der Waals surface area contributed by atoms with Crippen LogP contribution >= 0.6 is 27.3 Å². The fourth-order valence-corrected chi connectivity index (χ4v) is 3.45. The smallest absolute Gasteiger partial charge is 0.123 e. The molecule has 0 saturated heterocycles. The van der Waals surface area contributed by atoms with E-state index in [0.717, 1.165) is 27.2 Å². The highest BCUT2D eigenvalue weighted by Gasteiger charge is 2.16. The van der Waals surface area contributed by atoms with Crippen molar-refractivity contribution in [1.29, 1.82) is 0 Å². The van der Waals surface area contributed by atoms with Crippen molar-refractivity contribution in [2.24, 2.45) is 0 Å². The lowest BCUT2D eigenvalue weighted by Crippen LogP contribution is -2.19. The van der Waals surface area contributed by atoms with E-state index in [9.17, 15) is 4.39 Å². The molecule has 19 heavy (non-hydrogen) atoms. The molecule has 2 rings (SSSR count). The Balaban J connectivity index is 2.27. The van der Waals surface area contributed by atoms with Crippen LogP contribution in [0.3, 0.4) is 0 Å². The molecule has 0 aliphatic rings. The minimum atomic E-state index is -0.218. The van der Waals surface area contributed by atoms with Gasteiger partial charge in [-0.1, -0.05) is 15.9 Å². The molecular weight excluding hydrogens is 327 g/mol. The summed E-state index contributed by atoms with van der Waals surface area (Å²) in [7, 11) is 1.88. The minimum Gasteiger partial charge on any atom is -0.313 e. The highest BCUT2D eigenvalue weighted by atomic mass is 79.9. The molecule has 0 aliphatic carbocycles. The van der Waals surface area contributed by atoms with Crippen LogP contribution in [0.5, 0.6) is 0 Å². The van der Waals surface area contributed by atoms with E-state index < -0.39 is 0 Å². The van der Waals surface area contributed by atoms with Crippen molar-refractivity contribution in [2.45, 2.75) is 26.3 Å². The molecule has 0 spiro atoms. The van der Waals surface area contributed by atoms with E-state index in [1.165, 1.54) is 10.9 Å². The van der Waals surface area contributed by atoms with Crippen LogP contribution in [0.4, 0.5) is 4.39 Å². The molecule has 102 valence electrons. The van der Waals surface area contributed by atoms with Gasteiger partial charge in [0.25, 0.3) is 0 Å². The fourth-order valence-electron chi connectivity index (χ4n) is 1.95. The standard InChI is InChI=1S/C14H16BrFN2S/c1-8-9(2)19-14(18-8)7-13(17-3)11-6-10(16)4-5-12(11)15/h4-6,13,17H,7H2,1-3H3. The lowest BCUT2D eigenvalue weighted by Gasteiger charge is -2.17. The molecule has 1 aromatic heterocycles. The Labute approximate surface area is 125 Å². The number of hydrogen-bond donors (Lipinski definition) is 1. The highest BCUT2D eigenvalue weighted by Crippen LogP contribution is 2.28. The van der Waals surface area contributed by atoms with Crippen LogP contribution in [-0.2, 0) is 6.42 Å². The summed E-state index contributed by atoms with van der Waals surface area (Å²) in [5.41, 5.74) is 2.00. The summed E-state index contributed by atoms with van der Waals surface area (Å²) in [6, 6.07) is 4.82. The van der Waals surface area contributed by atoms with E-state index in [4.69, 9.17) is 0 Å². The third-order valence-electron chi connectivity index (χ3n) is 3.13. The van der Waals surface area contributed by atoms with Gasteiger partial charge in [-0.25, -0.2) is 9.37 Å². The molecule has 1 unspecified atom stereocenters. The molecule has 0 aliphatic heterocycles. The summed E-state index contributed by atoms with van der Waals surface area (Å²) < 4.78 is 14.3. The minimum absolute atomic E-state index is 0.0509. The van der Waals surface area contributed by atoms with Crippen LogP contribution in [0.25, 0.3) is 0 Å². The number of likely N-dealkylation sites (N-methyl/N-ethyl adjacent to an activating group) is 1. The summed E-state index contributed by atoms with van der Waals surface area (Å²) in [4.78, 5) is 5.78. The van der Waals surface area contributed by atoms with Crippen molar-refractivity contribution in [1.82, 2.24) is 10.3 Å². The van der Waals surface area contributed by atoms with Gasteiger partial charge in [-0.2, -0.15) is 0 Å². The Bertz CT molecular complexity index is 563. The van der Waals surface area contributed by atoms with E-state index in [-0.39, 0.29) is 11.9 Å². The predicted octanol–water partition coefficient (Wildman–Crippen LogP) is 4.16. The normalized spacial score (nSPS) is 12.7. The first-order valence-corrected chi connectivity index (χ1v) is 7.67. The van der Waals surface area contributed by atoms with Crippen LogP contribution in [-0.4, -0.2) is 12.0 Å². The number of nitrogens with zero attached hydrogens (tertiary/aromatic N) is 1. The lowest BCUT2D eigenvalue weighted by molar-refractivity contribution is 0.573. The van der Waals surface area contributed by atoms with E-state index in [2.05, 4.69) is 33.2 Å². The number of benzene rings is 1. The van der Waals surface area contributed by atoms with E-state index >= 15 is 0 Å². The summed E-state index contributed by atoms with van der Waals surface area (Å²) in [5.74, 6) is -0.218. The lowest BCUT2D eigenvalue weighted by atomic mass is 10.0. The van der Waals surface area contributed by atoms with Gasteiger partial charge in [0.2, 0.25) is 0 Å². The molecular formula is C14H16BrFN2S. The number of nitrogens with one attached hydrogen (secondary N) is 1. The second-order valence-electron chi connectivity index (χ2n) is 4.46. The van der Waals surface area contributed by atoms with Crippen molar-refractivity contribution < 1.29 is 4.39 Å². The Morgan fingerprint density at radius 3 is 2.74 bits per heavy atom. The van der Waals surface area contributed by atoms with Gasteiger partial charge < -0.3 is 5.32 Å². The van der Waals surface area contributed by atoms with Crippen molar-refractivity contribution >= 4 is 27.3 Å². The quantitative estimate of drug-likeness (QED) is 0.902. The number of rotatable bonds is 4. The van der Waals surface area contributed by atoms with Gasteiger partial charge in [0.15, 0.2) is 0 Å². The first kappa shape index (κ1) is 14.6. The molecule has 1 N–H and O–H groups in total. The largest absolute Gasteiger partial charge is 0.313 e. The van der Waals surface area contributed by atoms with Crippen LogP contribution in [0.1, 0.15) is 27.2 Å². The molecule has 0 saturated carbocycles. The molecule has 1 heterocycles. The predicted molar refractivity (Wildman–Crippen MR) is 81.2 cm³/mol. The maximum atomic E-state index is 13.4. The van der Waals surface area contributed by atoms with Gasteiger partial charge >= 0.3 is 0 Å². The maximum Gasteiger partial charge on any atom is 0.123 e. The molecule has 0 fully saturated rings. The topological polar surface area (TPSA) is 24.9 Å². The molecule has 0 amide bonds. The molecule has 1 aromatic carbocycles. The SMILES string of the molecule is CNC(Cc1nc(C)c(C)s1)c1cc(F)ccc1Br. The Morgan fingerprint density at radius 1 is 1.42 bits per heavy atom. The fraction of sp³-hybridized carbons (Fsp3) is 0.357. The van der Waals surface area contributed by atoms with Crippen molar-refractivity contribution in [3.05, 3.63) is 49.6 Å². The molecule has 2 nitrogen and oxygen atoms in total. The average molecular weight is 343 g/mol. The Morgan fingerprint density at radius 2 is 2.16 bits per heavy atom. The van der Waals surface area contributed by atoms with Gasteiger partial charge in [0.1, 0.15) is 5.82 Å². The number of halogens is 2. The van der Waals surface area contributed by atoms with Crippen molar-refractivity contribution in [2.75, 3.05) is 7.05 Å². The molecule has 0 radical (unpaired) electrons. The molecule has 5 heteroatoms. The monoisotopic (exact) mass is 342 g/mol. The highest BCUT2D eigenvalue weighted by molar-refractivity contribution is 9.10. The number of aromatic nitrogens is 1. The first-order valence-electron chi connectivity index (χ1n) is 6.06. The van der Waals surface area contributed by atoms with E-state index in [1.807, 2.05) is 14.0 Å². The van der Waals surface area contributed by atoms with Gasteiger partial charge in [-0.05, 0) is 44.7 Å². The average Bonchev–Trinajstić information content (AvgIpc) is 2.69. The van der Waals surface area contributed by atoms with Crippen LogP contribution in [0, 0.1) is 19.7 Å². The zero-order valence-corrected chi connectivity index (χ0v) is 13.5. The van der Waals surface area contributed by atoms with Gasteiger partial charge in [-0.15, -0.1) is 11.3 Å². The van der Waals surface area contributed by atoms with Crippen LogP contribution < -0.4 is 5.32 Å². The molecule has 1 atom stereocenters. The second kappa shape index (κ2) is 6.11. The van der Waals surface area contributed by atoms with Gasteiger partial charge in [-0.3, -0.25) is 0 Å². The number of aryl methyl sites for hydroxylation is 2. The van der Waals surface area contributed by atoms with E-state index in [1.54, 1.807) is 23.5 Å². The number of hydrogen-bond acceptors (Lipinski definition) is 3. The molecule has 2 aromatic rings. The summed E-state index contributed by atoms with van der Waals surface area (Å²) in [5, 5.41) is 4.31. The van der Waals surface area contributed by atoms with E-state index in [0.29, 0.717) is 0 Å². The summed E-state index contributed by atoms with van der Waals surface area (Å²) in [6.07, 6.45) is 0.762. The third-order valence-corrected chi connectivity index (χ3v) is 4.95. The molecule has 0 bridgehead atoms. The zero-order chi connectivity index (χ0) is 14.0. The second-order valence-corrected chi connectivity index (χ2v) is 6.60. The van der Waals surface area contributed by atoms with Gasteiger partial charge in [0, 0.05) is 21.8 Å². The summed E-state index contributed by atoms with van der Waals surface area (Å²) in [6.45, 7) is 4.09. The third kappa shape index (κ3) is 3.41. The van der Waals surface area contributed by atoms with Crippen LogP contribution in [0.15, 0.2) is 22.7 Å². The Kier molecular flexibility index (Phi) is 4.71. The number of thiazole rings is 1. The van der Waals surface area contributed by atoms with Crippen molar-refractivity contribution in [3.63, 3.8) is 0 Å². The maximum absolute atomic E-state index is 13.4. The first-order chi connectivity index (χ1) is 9.01. The van der Waals surface area contributed by atoms with Gasteiger partial charge in [0.05, 0.1) is 10.7 Å². The van der Waals surface area contributed by atoms with Crippen molar-refractivity contribution in [3.8, 4) is 0 Å². The summed E-state index contributed by atoms with van der Waals surface area (Å²) >= 11 is 5.18.